The Morgan fingerprint density at radius 2 is 1.33 bits per heavy atom. The molecule has 2 rings (SSSR count). The van der Waals surface area contributed by atoms with Crippen LogP contribution >= 0.6 is 0 Å². The third kappa shape index (κ3) is 3.22. The van der Waals surface area contributed by atoms with Crippen molar-refractivity contribution in [1.29, 1.82) is 0 Å². The van der Waals surface area contributed by atoms with Gasteiger partial charge in [0, 0.05) is 0 Å². The average Bonchev–Trinajstić information content (AvgIpc) is 2.32. The van der Waals surface area contributed by atoms with Crippen LogP contribution in [0.4, 0.5) is 0 Å². The van der Waals surface area contributed by atoms with Crippen molar-refractivity contribution in [2.24, 2.45) is 0 Å². The highest BCUT2D eigenvalue weighted by molar-refractivity contribution is 5.13. The van der Waals surface area contributed by atoms with Crippen molar-refractivity contribution in [2.75, 3.05) is 0 Å². The largest absolute Gasteiger partial charge is 0.372 e. The Morgan fingerprint density at radius 1 is 0.800 bits per heavy atom. The normalized spacial score (nSPS) is 10.1. The van der Waals surface area contributed by atoms with Crippen LogP contribution in [0.3, 0.4) is 0 Å². The molecule has 1 nitrogen and oxygen atoms in total. The first-order chi connectivity index (χ1) is 7.45. The lowest BCUT2D eigenvalue weighted by molar-refractivity contribution is 0.107. The second-order valence-electron chi connectivity index (χ2n) is 3.27. The number of rotatable bonds is 4. The van der Waals surface area contributed by atoms with Crippen LogP contribution in [0.1, 0.15) is 11.1 Å². The van der Waals surface area contributed by atoms with Gasteiger partial charge in [0.25, 0.3) is 0 Å². The van der Waals surface area contributed by atoms with E-state index in [1.165, 1.54) is 0 Å². The fraction of sp³-hybridized carbons (Fsp3) is 0.143. The molecule has 0 saturated heterocycles. The second kappa shape index (κ2) is 5.32. The molecular weight excluding hydrogens is 184 g/mol. The maximum Gasteiger partial charge on any atom is 0.0727 e. The summed E-state index contributed by atoms with van der Waals surface area (Å²) < 4.78 is 5.54. The van der Waals surface area contributed by atoms with Gasteiger partial charge in [0.05, 0.1) is 13.2 Å². The van der Waals surface area contributed by atoms with Gasteiger partial charge < -0.3 is 4.74 Å². The van der Waals surface area contributed by atoms with Gasteiger partial charge in [-0.2, -0.15) is 0 Å². The highest BCUT2D eigenvalue weighted by Gasteiger charge is 1.93. The molecule has 74 valence electrons. The summed E-state index contributed by atoms with van der Waals surface area (Å²) >= 11 is 0. The van der Waals surface area contributed by atoms with E-state index in [-0.39, 0.29) is 0 Å². The van der Waals surface area contributed by atoms with E-state index in [4.69, 9.17) is 4.74 Å². The molecule has 0 unspecified atom stereocenters. The molecule has 0 aromatic heterocycles. The molecule has 0 spiro atoms. The van der Waals surface area contributed by atoms with Crippen LogP contribution < -0.4 is 0 Å². The first kappa shape index (κ1) is 9.94. The summed E-state index contributed by atoms with van der Waals surface area (Å²) in [5.74, 6) is 0. The van der Waals surface area contributed by atoms with Crippen LogP contribution in [0.15, 0.2) is 48.5 Å². The molecule has 1 heteroatoms. The van der Waals surface area contributed by atoms with Crippen LogP contribution in [0.2, 0.25) is 0 Å². The number of hydrogen-bond acceptors (Lipinski definition) is 1. The summed E-state index contributed by atoms with van der Waals surface area (Å²) in [6.45, 7) is 1.20. The smallest absolute Gasteiger partial charge is 0.0727 e. The Labute approximate surface area is 90.3 Å². The molecule has 0 heterocycles. The van der Waals surface area contributed by atoms with E-state index in [1.54, 1.807) is 0 Å². The molecule has 0 bridgehead atoms. The zero-order valence-corrected chi connectivity index (χ0v) is 8.44. The summed E-state index contributed by atoms with van der Waals surface area (Å²) in [5.41, 5.74) is 2.15. The molecule has 0 aliphatic carbocycles. The van der Waals surface area contributed by atoms with Gasteiger partial charge in [-0.05, 0) is 23.3 Å². The third-order valence-electron chi connectivity index (χ3n) is 2.06. The van der Waals surface area contributed by atoms with Crippen LogP contribution in [0.5, 0.6) is 0 Å². The summed E-state index contributed by atoms with van der Waals surface area (Å²) in [7, 11) is 0. The van der Waals surface area contributed by atoms with Gasteiger partial charge in [0.15, 0.2) is 0 Å². The second-order valence-corrected chi connectivity index (χ2v) is 3.27. The van der Waals surface area contributed by atoms with E-state index in [9.17, 15) is 0 Å². The minimum absolute atomic E-state index is 0.601. The van der Waals surface area contributed by atoms with E-state index in [0.29, 0.717) is 13.2 Å². The minimum Gasteiger partial charge on any atom is -0.372 e. The van der Waals surface area contributed by atoms with Crippen LogP contribution in [-0.2, 0) is 18.0 Å². The standard InChI is InChI=1S/C14H12O/c1-3-7-13(8-4-1)11-15-12-14-9-5-2-6-10-14/h1-7,9H,11-12H2. The Balaban J connectivity index is 1.81. The Hall–Kier alpha value is -1.60. The van der Waals surface area contributed by atoms with E-state index < -0.39 is 0 Å². The maximum atomic E-state index is 5.54. The molecule has 0 saturated carbocycles. The quantitative estimate of drug-likeness (QED) is 0.730. The first-order valence-electron chi connectivity index (χ1n) is 4.94. The van der Waals surface area contributed by atoms with E-state index in [1.807, 2.05) is 48.5 Å². The molecule has 0 aliphatic heterocycles. The lowest BCUT2D eigenvalue weighted by Crippen LogP contribution is -1.93. The van der Waals surface area contributed by atoms with E-state index in [2.05, 4.69) is 12.1 Å². The van der Waals surface area contributed by atoms with E-state index in [0.717, 1.165) is 11.1 Å². The molecule has 2 aromatic carbocycles. The number of ether oxygens (including phenoxy) is 1. The third-order valence-corrected chi connectivity index (χ3v) is 2.06. The molecule has 0 fully saturated rings. The fourth-order valence-corrected chi connectivity index (χ4v) is 1.31. The molecule has 2 radical (unpaired) electrons. The Kier molecular flexibility index (Phi) is 3.53. The van der Waals surface area contributed by atoms with Gasteiger partial charge in [-0.25, -0.2) is 0 Å². The van der Waals surface area contributed by atoms with Gasteiger partial charge in [-0.1, -0.05) is 48.5 Å². The first-order valence-corrected chi connectivity index (χ1v) is 4.94. The van der Waals surface area contributed by atoms with Crippen molar-refractivity contribution in [1.82, 2.24) is 0 Å². The molecular formula is C14H12O. The number of benzene rings is 2. The zero-order valence-electron chi connectivity index (χ0n) is 8.44. The zero-order chi connectivity index (χ0) is 10.3. The van der Waals surface area contributed by atoms with Gasteiger partial charge in [0.2, 0.25) is 0 Å². The molecule has 0 atom stereocenters. The van der Waals surface area contributed by atoms with Gasteiger partial charge >= 0.3 is 0 Å². The predicted octanol–water partition coefficient (Wildman–Crippen LogP) is 3.00. The highest BCUT2D eigenvalue weighted by atomic mass is 16.5. The number of hydrogen-bond donors (Lipinski definition) is 0. The Bertz CT molecular complexity index is 341. The van der Waals surface area contributed by atoms with Crippen LogP contribution in [0.25, 0.3) is 0 Å². The lowest BCUT2D eigenvalue weighted by Gasteiger charge is -2.03. The SMILES string of the molecule is [c]1ccccc1COCc1[c]cccc1. The van der Waals surface area contributed by atoms with Gasteiger partial charge in [-0.3, -0.25) is 0 Å². The summed E-state index contributed by atoms with van der Waals surface area (Å²) in [6.07, 6.45) is 0. The predicted molar refractivity (Wildman–Crippen MR) is 59.0 cm³/mol. The maximum absolute atomic E-state index is 5.54. The molecule has 0 aliphatic rings. The fourth-order valence-electron chi connectivity index (χ4n) is 1.31. The molecule has 0 amide bonds. The van der Waals surface area contributed by atoms with E-state index >= 15 is 0 Å². The summed E-state index contributed by atoms with van der Waals surface area (Å²) in [5, 5.41) is 0. The highest BCUT2D eigenvalue weighted by Crippen LogP contribution is 2.04. The van der Waals surface area contributed by atoms with Crippen molar-refractivity contribution in [3.05, 3.63) is 71.8 Å². The molecule has 15 heavy (non-hydrogen) atoms. The molecule has 2 aromatic rings. The summed E-state index contributed by atoms with van der Waals surface area (Å²) in [4.78, 5) is 0. The summed E-state index contributed by atoms with van der Waals surface area (Å²) in [6, 6.07) is 21.9. The topological polar surface area (TPSA) is 9.23 Å². The Morgan fingerprint density at radius 3 is 1.73 bits per heavy atom. The van der Waals surface area contributed by atoms with Gasteiger partial charge in [-0.15, -0.1) is 0 Å². The van der Waals surface area contributed by atoms with Crippen molar-refractivity contribution >= 4 is 0 Å². The van der Waals surface area contributed by atoms with Gasteiger partial charge in [0.1, 0.15) is 0 Å². The minimum atomic E-state index is 0.601. The molecule has 0 N–H and O–H groups in total. The van der Waals surface area contributed by atoms with Crippen molar-refractivity contribution in [3.8, 4) is 0 Å². The monoisotopic (exact) mass is 196 g/mol. The van der Waals surface area contributed by atoms with Crippen LogP contribution in [-0.4, -0.2) is 0 Å². The van der Waals surface area contributed by atoms with Crippen molar-refractivity contribution in [2.45, 2.75) is 13.2 Å². The van der Waals surface area contributed by atoms with Crippen molar-refractivity contribution < 1.29 is 4.74 Å². The lowest BCUT2D eigenvalue weighted by atomic mass is 10.2. The average molecular weight is 196 g/mol. The van der Waals surface area contributed by atoms with Crippen molar-refractivity contribution in [3.63, 3.8) is 0 Å². The van der Waals surface area contributed by atoms with Crippen LogP contribution in [0, 0.1) is 12.1 Å².